The number of nitrogens with zero attached hydrogens (tertiary/aromatic N) is 7. The van der Waals surface area contributed by atoms with Crippen molar-refractivity contribution >= 4 is 22.9 Å². The summed E-state index contributed by atoms with van der Waals surface area (Å²) in [5, 5.41) is 8.30. The molecule has 0 saturated carbocycles. The highest BCUT2D eigenvalue weighted by Crippen LogP contribution is 2.34. The van der Waals surface area contributed by atoms with Gasteiger partial charge in [0.05, 0.1) is 24.0 Å². The molecule has 3 aromatic rings. The number of furan rings is 1. The normalized spacial score (nSPS) is 23.6. The lowest BCUT2D eigenvalue weighted by molar-refractivity contribution is -0.0528. The minimum absolute atomic E-state index is 0.169. The Balaban J connectivity index is 1.40. The number of aromatic nitrogens is 2. The molecule has 5 heterocycles. The third-order valence-electron chi connectivity index (χ3n) is 5.98. The maximum Gasteiger partial charge on any atom is 0.216 e. The van der Waals surface area contributed by atoms with Gasteiger partial charge in [-0.15, -0.1) is 0 Å². The second kappa shape index (κ2) is 6.58. The van der Waals surface area contributed by atoms with E-state index >= 15 is 0 Å². The molecule has 150 valence electrons. The molecule has 2 aromatic heterocycles. The molecule has 6 rings (SSSR count). The largest absolute Gasteiger partial charge is 0.465 e. The third kappa shape index (κ3) is 2.73. The van der Waals surface area contributed by atoms with E-state index < -0.39 is 0 Å². The molecule has 9 heteroatoms. The van der Waals surface area contributed by atoms with Crippen molar-refractivity contribution in [1.29, 1.82) is 0 Å². The van der Waals surface area contributed by atoms with E-state index in [9.17, 15) is 0 Å². The molecule has 1 atom stereocenters. The summed E-state index contributed by atoms with van der Waals surface area (Å²) < 4.78 is 7.96. The fourth-order valence-corrected chi connectivity index (χ4v) is 4.36. The van der Waals surface area contributed by atoms with Crippen molar-refractivity contribution in [3.63, 3.8) is 0 Å². The van der Waals surface area contributed by atoms with Gasteiger partial charge in [0.15, 0.2) is 6.17 Å². The maximum absolute atomic E-state index is 5.75. The fraction of sp³-hybridized carbons (Fsp3) is 0.400. The second-order valence-corrected chi connectivity index (χ2v) is 7.79. The summed E-state index contributed by atoms with van der Waals surface area (Å²) in [6.07, 6.45) is 1.54. The zero-order valence-electron chi connectivity index (χ0n) is 16.4. The Kier molecular flexibility index (Phi) is 3.86. The van der Waals surface area contributed by atoms with E-state index in [4.69, 9.17) is 14.4 Å². The highest BCUT2D eigenvalue weighted by atomic mass is 16.3. The summed E-state index contributed by atoms with van der Waals surface area (Å²) in [4.78, 5) is 14.4. The van der Waals surface area contributed by atoms with E-state index in [0.29, 0.717) is 6.67 Å². The van der Waals surface area contributed by atoms with Crippen molar-refractivity contribution in [2.24, 2.45) is 4.99 Å². The molecule has 3 aliphatic heterocycles. The minimum Gasteiger partial charge on any atom is -0.465 e. The van der Waals surface area contributed by atoms with Crippen molar-refractivity contribution in [3.8, 4) is 0 Å². The Labute approximate surface area is 168 Å². The molecule has 0 radical (unpaired) electrons. The van der Waals surface area contributed by atoms with E-state index in [2.05, 4.69) is 48.9 Å². The van der Waals surface area contributed by atoms with E-state index in [-0.39, 0.29) is 6.17 Å². The summed E-state index contributed by atoms with van der Waals surface area (Å²) in [7, 11) is 2.18. The van der Waals surface area contributed by atoms with Crippen molar-refractivity contribution in [2.75, 3.05) is 51.5 Å². The number of imidazole rings is 1. The van der Waals surface area contributed by atoms with E-state index in [1.165, 1.54) is 0 Å². The van der Waals surface area contributed by atoms with Crippen molar-refractivity contribution in [3.05, 3.63) is 48.4 Å². The van der Waals surface area contributed by atoms with Crippen LogP contribution in [0.2, 0.25) is 0 Å². The number of aliphatic imine (C=N–C) groups is 1. The van der Waals surface area contributed by atoms with Gasteiger partial charge in [0.25, 0.3) is 0 Å². The molecule has 9 nitrogen and oxygen atoms in total. The molecular formula is C20H24N8O. The number of hydrogen-bond donors (Lipinski definition) is 1. The SMILES string of the molecule is CN1CCN(N2CN=C3N[C@@H](c4ccco4)n4c(nc5ccccc54)N3C2)CC1. The number of likely N-dealkylation sites (N-methyl/N-ethyl adjacent to an activating group) is 1. The number of hydrogen-bond acceptors (Lipinski definition) is 8. The first-order valence-corrected chi connectivity index (χ1v) is 10.1. The lowest BCUT2D eigenvalue weighted by Crippen LogP contribution is -2.62. The van der Waals surface area contributed by atoms with Crippen LogP contribution in [0.1, 0.15) is 11.9 Å². The Morgan fingerprint density at radius 2 is 1.90 bits per heavy atom. The van der Waals surface area contributed by atoms with Crippen LogP contribution in [-0.2, 0) is 0 Å². The second-order valence-electron chi connectivity index (χ2n) is 7.79. The Morgan fingerprint density at radius 3 is 2.72 bits per heavy atom. The molecular weight excluding hydrogens is 368 g/mol. The predicted molar refractivity (Wildman–Crippen MR) is 110 cm³/mol. The summed E-state index contributed by atoms with van der Waals surface area (Å²) >= 11 is 0. The number of rotatable bonds is 2. The molecule has 1 fully saturated rings. The lowest BCUT2D eigenvalue weighted by atomic mass is 10.2. The molecule has 3 aliphatic rings. The summed E-state index contributed by atoms with van der Waals surface area (Å²) in [6.45, 7) is 5.56. The maximum atomic E-state index is 5.75. The Hall–Kier alpha value is -2.88. The quantitative estimate of drug-likeness (QED) is 0.706. The molecule has 0 aliphatic carbocycles. The fourth-order valence-electron chi connectivity index (χ4n) is 4.36. The van der Waals surface area contributed by atoms with Gasteiger partial charge >= 0.3 is 0 Å². The number of benzene rings is 1. The van der Waals surface area contributed by atoms with Crippen molar-refractivity contribution < 1.29 is 4.42 Å². The third-order valence-corrected chi connectivity index (χ3v) is 5.98. The smallest absolute Gasteiger partial charge is 0.216 e. The zero-order valence-corrected chi connectivity index (χ0v) is 16.4. The first-order valence-electron chi connectivity index (χ1n) is 10.1. The monoisotopic (exact) mass is 392 g/mol. The van der Waals surface area contributed by atoms with Gasteiger partial charge < -0.3 is 14.6 Å². The van der Waals surface area contributed by atoms with Crippen LogP contribution in [0.3, 0.4) is 0 Å². The van der Waals surface area contributed by atoms with Crippen molar-refractivity contribution in [1.82, 2.24) is 29.8 Å². The summed E-state index contributed by atoms with van der Waals surface area (Å²) in [5.74, 6) is 2.58. The van der Waals surface area contributed by atoms with Gasteiger partial charge in [-0.25, -0.2) is 20.0 Å². The number of hydrazine groups is 1. The number of nitrogens with one attached hydrogen (secondary N) is 1. The van der Waals surface area contributed by atoms with Crippen LogP contribution in [0.25, 0.3) is 11.0 Å². The van der Waals surface area contributed by atoms with Crippen molar-refractivity contribution in [2.45, 2.75) is 6.17 Å². The topological polar surface area (TPSA) is 68.3 Å². The molecule has 0 bridgehead atoms. The first kappa shape index (κ1) is 17.0. The molecule has 1 aromatic carbocycles. The van der Waals surface area contributed by atoms with Crippen LogP contribution in [-0.4, -0.2) is 77.0 Å². The number of guanidine groups is 1. The number of anilines is 1. The van der Waals surface area contributed by atoms with Crippen LogP contribution < -0.4 is 10.2 Å². The number of piperazine rings is 1. The van der Waals surface area contributed by atoms with Crippen LogP contribution in [0.4, 0.5) is 5.95 Å². The molecule has 0 amide bonds. The Morgan fingerprint density at radius 1 is 1.03 bits per heavy atom. The lowest BCUT2D eigenvalue weighted by Gasteiger charge is -2.46. The van der Waals surface area contributed by atoms with Gasteiger partial charge in [-0.2, -0.15) is 0 Å². The van der Waals surface area contributed by atoms with Gasteiger partial charge in [-0.1, -0.05) is 12.1 Å². The van der Waals surface area contributed by atoms with Gasteiger partial charge in [-0.05, 0) is 31.3 Å². The minimum atomic E-state index is -0.169. The molecule has 1 N–H and O–H groups in total. The van der Waals surface area contributed by atoms with Gasteiger partial charge in [0.1, 0.15) is 12.4 Å². The molecule has 0 spiro atoms. The van der Waals surface area contributed by atoms with Crippen LogP contribution in [0.15, 0.2) is 52.1 Å². The predicted octanol–water partition coefficient (Wildman–Crippen LogP) is 1.33. The standard InChI is InChI=1S/C20H24N8O/c1-24-8-10-25(11-9-24)26-13-21-19-23-18(17-7-4-12-29-17)28-16-6-3-2-5-15(16)22-20(28)27(19)14-26/h2-7,12,18H,8-11,13-14H2,1H3,(H,21,23)/t18-/m1/s1. The number of para-hydroxylation sites is 2. The molecule has 1 saturated heterocycles. The van der Waals surface area contributed by atoms with Gasteiger partial charge in [0.2, 0.25) is 11.9 Å². The molecule has 29 heavy (non-hydrogen) atoms. The van der Waals surface area contributed by atoms with E-state index in [1.807, 2.05) is 24.3 Å². The van der Waals surface area contributed by atoms with Crippen LogP contribution in [0.5, 0.6) is 0 Å². The van der Waals surface area contributed by atoms with Gasteiger partial charge in [-0.3, -0.25) is 9.47 Å². The Bertz CT molecular complexity index is 1050. The van der Waals surface area contributed by atoms with E-state index in [0.717, 1.165) is 61.5 Å². The van der Waals surface area contributed by atoms with Crippen LogP contribution in [0, 0.1) is 0 Å². The average Bonchev–Trinajstić information content (AvgIpc) is 3.42. The highest BCUT2D eigenvalue weighted by molar-refractivity contribution is 5.98. The van der Waals surface area contributed by atoms with E-state index in [1.54, 1.807) is 6.26 Å². The van der Waals surface area contributed by atoms with Gasteiger partial charge in [0, 0.05) is 26.2 Å². The summed E-state index contributed by atoms with van der Waals surface area (Å²) in [5.41, 5.74) is 2.05. The highest BCUT2D eigenvalue weighted by Gasteiger charge is 2.38. The average molecular weight is 392 g/mol. The molecule has 0 unspecified atom stereocenters. The number of fused-ring (bicyclic) bond motifs is 5. The summed E-state index contributed by atoms with van der Waals surface area (Å²) in [6, 6.07) is 12.1. The zero-order chi connectivity index (χ0) is 19.4. The van der Waals surface area contributed by atoms with Crippen LogP contribution >= 0.6 is 0 Å². The first-order chi connectivity index (χ1) is 14.3.